The number of nitrogens with zero attached hydrogens (tertiary/aromatic N) is 4. The van der Waals surface area contributed by atoms with E-state index in [-0.39, 0.29) is 35.3 Å². The van der Waals surface area contributed by atoms with E-state index in [9.17, 15) is 17.6 Å². The summed E-state index contributed by atoms with van der Waals surface area (Å²) >= 11 is 0. The maximum Gasteiger partial charge on any atom is 0.416 e. The minimum atomic E-state index is -4.48. The van der Waals surface area contributed by atoms with Crippen molar-refractivity contribution in [3.63, 3.8) is 0 Å². The van der Waals surface area contributed by atoms with E-state index >= 15 is 0 Å². The molecule has 2 aromatic heterocycles. The van der Waals surface area contributed by atoms with Gasteiger partial charge in [0.1, 0.15) is 6.23 Å². The van der Waals surface area contributed by atoms with Crippen molar-refractivity contribution < 1.29 is 22.3 Å². The first-order chi connectivity index (χ1) is 12.9. The molecule has 0 radical (unpaired) electrons. The number of rotatable bonds is 4. The molecule has 0 bridgehead atoms. The number of hydrogen-bond acceptors (Lipinski definition) is 5. The van der Waals surface area contributed by atoms with Crippen LogP contribution in [-0.2, 0) is 17.5 Å². The summed E-state index contributed by atoms with van der Waals surface area (Å²) in [5.74, 6) is 0.0335. The number of imidazole rings is 1. The number of nitrogens with one attached hydrogen (secondary N) is 1. The molecule has 1 aliphatic heterocycles. The monoisotopic (exact) mass is 381 g/mol. The molecule has 4 rings (SSSR count). The summed E-state index contributed by atoms with van der Waals surface area (Å²) in [5, 5.41) is 2.75. The van der Waals surface area contributed by atoms with Crippen molar-refractivity contribution in [2.45, 2.75) is 31.8 Å². The van der Waals surface area contributed by atoms with Gasteiger partial charge in [-0.2, -0.15) is 27.5 Å². The van der Waals surface area contributed by atoms with Crippen LogP contribution in [0.5, 0.6) is 0 Å². The molecule has 27 heavy (non-hydrogen) atoms. The second kappa shape index (κ2) is 6.76. The van der Waals surface area contributed by atoms with E-state index < -0.39 is 17.8 Å². The van der Waals surface area contributed by atoms with Crippen molar-refractivity contribution >= 4 is 17.0 Å². The second-order valence-electron chi connectivity index (χ2n) is 6.14. The summed E-state index contributed by atoms with van der Waals surface area (Å²) < 4.78 is 60.5. The summed E-state index contributed by atoms with van der Waals surface area (Å²) in [5.41, 5.74) is -0.221. The van der Waals surface area contributed by atoms with Gasteiger partial charge in [-0.15, -0.1) is 0 Å². The van der Waals surface area contributed by atoms with Gasteiger partial charge in [0.15, 0.2) is 17.0 Å². The lowest BCUT2D eigenvalue weighted by molar-refractivity contribution is -0.138. The third-order valence-electron chi connectivity index (χ3n) is 4.38. The molecule has 0 aliphatic carbocycles. The Labute approximate surface area is 151 Å². The lowest BCUT2D eigenvalue weighted by Crippen LogP contribution is -2.13. The Morgan fingerprint density at radius 1 is 1.22 bits per heavy atom. The second-order valence-corrected chi connectivity index (χ2v) is 6.14. The third-order valence-corrected chi connectivity index (χ3v) is 4.38. The predicted octanol–water partition coefficient (Wildman–Crippen LogP) is 3.91. The van der Waals surface area contributed by atoms with Crippen molar-refractivity contribution in [1.82, 2.24) is 19.5 Å². The van der Waals surface area contributed by atoms with Crippen LogP contribution in [0.3, 0.4) is 0 Å². The van der Waals surface area contributed by atoms with Crippen molar-refractivity contribution in [2.75, 3.05) is 11.9 Å². The molecule has 1 unspecified atom stereocenters. The summed E-state index contributed by atoms with van der Waals surface area (Å²) in [7, 11) is 0. The van der Waals surface area contributed by atoms with Gasteiger partial charge < -0.3 is 10.1 Å². The van der Waals surface area contributed by atoms with Gasteiger partial charge in [-0.05, 0) is 24.5 Å². The molecule has 10 heteroatoms. The molecule has 1 fully saturated rings. The maximum atomic E-state index is 13.9. The highest BCUT2D eigenvalue weighted by atomic mass is 19.4. The van der Waals surface area contributed by atoms with Gasteiger partial charge in [0.25, 0.3) is 0 Å². The number of alkyl halides is 3. The van der Waals surface area contributed by atoms with E-state index in [1.54, 1.807) is 4.57 Å². The molecule has 1 N–H and O–H groups in total. The molecule has 3 heterocycles. The first-order valence-electron chi connectivity index (χ1n) is 8.34. The van der Waals surface area contributed by atoms with Gasteiger partial charge >= 0.3 is 12.3 Å². The summed E-state index contributed by atoms with van der Waals surface area (Å²) in [6.45, 7) is 0.408. The normalized spacial score (nSPS) is 17.6. The standard InChI is InChI=1S/C17H15F4N5O/c18-16-24-14(22-8-10-4-1-2-5-11(10)17(19,20)21)13-15(25-16)26(9-23-13)12-6-3-7-27-12/h1-2,4-5,9,12H,3,6-8H2,(H,22,24,25). The van der Waals surface area contributed by atoms with Gasteiger partial charge in [0, 0.05) is 13.2 Å². The minimum Gasteiger partial charge on any atom is -0.364 e. The highest BCUT2D eigenvalue weighted by Crippen LogP contribution is 2.33. The van der Waals surface area contributed by atoms with Gasteiger partial charge in [-0.3, -0.25) is 4.57 Å². The number of halogens is 4. The van der Waals surface area contributed by atoms with Crippen LogP contribution in [0.15, 0.2) is 30.6 Å². The number of hydrogen-bond donors (Lipinski definition) is 1. The van der Waals surface area contributed by atoms with Crippen LogP contribution in [0.4, 0.5) is 23.4 Å². The van der Waals surface area contributed by atoms with Crippen molar-refractivity contribution in [2.24, 2.45) is 0 Å². The largest absolute Gasteiger partial charge is 0.416 e. The van der Waals surface area contributed by atoms with Crippen LogP contribution in [0.2, 0.25) is 0 Å². The Kier molecular flexibility index (Phi) is 4.42. The molecule has 1 aliphatic rings. The quantitative estimate of drug-likeness (QED) is 0.548. The number of ether oxygens (including phenoxy) is 1. The smallest absolute Gasteiger partial charge is 0.364 e. The number of benzene rings is 1. The van der Waals surface area contributed by atoms with E-state index in [1.165, 1.54) is 24.5 Å². The number of fused-ring (bicyclic) bond motifs is 1. The zero-order valence-corrected chi connectivity index (χ0v) is 14.0. The summed E-state index contributed by atoms with van der Waals surface area (Å²) in [4.78, 5) is 11.6. The van der Waals surface area contributed by atoms with Crippen LogP contribution in [0.1, 0.15) is 30.2 Å². The van der Waals surface area contributed by atoms with Crippen LogP contribution in [-0.4, -0.2) is 26.1 Å². The molecule has 3 aromatic rings. The molecule has 0 saturated carbocycles. The zero-order valence-electron chi connectivity index (χ0n) is 14.0. The van der Waals surface area contributed by atoms with E-state index in [1.807, 2.05) is 0 Å². The minimum absolute atomic E-state index is 0.0238. The Bertz CT molecular complexity index is 966. The molecule has 0 amide bonds. The van der Waals surface area contributed by atoms with Crippen LogP contribution >= 0.6 is 0 Å². The highest BCUT2D eigenvalue weighted by Gasteiger charge is 2.32. The van der Waals surface area contributed by atoms with Crippen molar-refractivity contribution in [1.29, 1.82) is 0 Å². The zero-order chi connectivity index (χ0) is 19.0. The van der Waals surface area contributed by atoms with Gasteiger partial charge in [-0.1, -0.05) is 18.2 Å². The van der Waals surface area contributed by atoms with Crippen LogP contribution in [0, 0.1) is 6.08 Å². The molecular formula is C17H15F4N5O. The first kappa shape index (κ1) is 17.7. The fraction of sp³-hybridized carbons (Fsp3) is 0.353. The lowest BCUT2D eigenvalue weighted by atomic mass is 10.1. The lowest BCUT2D eigenvalue weighted by Gasteiger charge is -2.14. The van der Waals surface area contributed by atoms with Crippen molar-refractivity contribution in [3.05, 3.63) is 47.8 Å². The predicted molar refractivity (Wildman–Crippen MR) is 88.3 cm³/mol. The van der Waals surface area contributed by atoms with E-state index in [0.29, 0.717) is 6.61 Å². The maximum absolute atomic E-state index is 13.9. The highest BCUT2D eigenvalue weighted by molar-refractivity contribution is 5.82. The molecule has 1 atom stereocenters. The summed E-state index contributed by atoms with van der Waals surface area (Å²) in [6.07, 6.45) is -2.66. The molecule has 1 aromatic carbocycles. The average Bonchev–Trinajstić information content (AvgIpc) is 3.28. The summed E-state index contributed by atoms with van der Waals surface area (Å²) in [6, 6.07) is 5.18. The molecule has 1 saturated heterocycles. The van der Waals surface area contributed by atoms with E-state index in [4.69, 9.17) is 4.74 Å². The molecular weight excluding hydrogens is 366 g/mol. The Hall–Kier alpha value is -2.75. The van der Waals surface area contributed by atoms with E-state index in [0.717, 1.165) is 18.9 Å². The number of anilines is 1. The average molecular weight is 381 g/mol. The first-order valence-corrected chi connectivity index (χ1v) is 8.34. The topological polar surface area (TPSA) is 64.9 Å². The Morgan fingerprint density at radius 3 is 2.78 bits per heavy atom. The Morgan fingerprint density at radius 2 is 2.04 bits per heavy atom. The fourth-order valence-electron chi connectivity index (χ4n) is 3.13. The van der Waals surface area contributed by atoms with Crippen LogP contribution < -0.4 is 5.32 Å². The van der Waals surface area contributed by atoms with Gasteiger partial charge in [0.05, 0.1) is 11.9 Å². The van der Waals surface area contributed by atoms with E-state index in [2.05, 4.69) is 20.3 Å². The number of aromatic nitrogens is 4. The fourth-order valence-corrected chi connectivity index (χ4v) is 3.13. The van der Waals surface area contributed by atoms with Crippen molar-refractivity contribution in [3.8, 4) is 0 Å². The van der Waals surface area contributed by atoms with Crippen LogP contribution in [0.25, 0.3) is 11.2 Å². The molecule has 0 spiro atoms. The Balaban J connectivity index is 1.65. The van der Waals surface area contributed by atoms with Gasteiger partial charge in [0.2, 0.25) is 0 Å². The van der Waals surface area contributed by atoms with Gasteiger partial charge in [-0.25, -0.2) is 4.98 Å². The third kappa shape index (κ3) is 3.44. The molecule has 142 valence electrons. The SMILES string of the molecule is Fc1nc(NCc2ccccc2C(F)(F)F)c2ncn(C3CCCO3)c2n1. The molecule has 6 nitrogen and oxygen atoms in total.